The molecule has 0 saturated carbocycles. The summed E-state index contributed by atoms with van der Waals surface area (Å²) >= 11 is 0. The van der Waals surface area contributed by atoms with Crippen LogP contribution in [0.4, 0.5) is 0 Å². The lowest BCUT2D eigenvalue weighted by Gasteiger charge is -2.16. The van der Waals surface area contributed by atoms with Gasteiger partial charge in [0.2, 0.25) is 0 Å². The summed E-state index contributed by atoms with van der Waals surface area (Å²) in [4.78, 5) is 47.3. The van der Waals surface area contributed by atoms with E-state index >= 15 is 0 Å². The molecule has 3 aromatic heterocycles. The van der Waals surface area contributed by atoms with Gasteiger partial charge in [0.05, 0.1) is 11.6 Å². The van der Waals surface area contributed by atoms with Crippen molar-refractivity contribution in [3.63, 3.8) is 0 Å². The summed E-state index contributed by atoms with van der Waals surface area (Å²) < 4.78 is 11.2. The van der Waals surface area contributed by atoms with Crippen molar-refractivity contribution in [2.75, 3.05) is 6.61 Å². The van der Waals surface area contributed by atoms with Crippen molar-refractivity contribution < 1.29 is 23.7 Å². The van der Waals surface area contributed by atoms with Crippen LogP contribution in [0.2, 0.25) is 0 Å². The Bertz CT molecular complexity index is 1840. The molecule has 2 aromatic carbocycles. The van der Waals surface area contributed by atoms with E-state index in [4.69, 9.17) is 9.37 Å². The van der Waals surface area contributed by atoms with Crippen molar-refractivity contribution >= 4 is 34.6 Å². The van der Waals surface area contributed by atoms with Gasteiger partial charge in [-0.15, -0.1) is 0 Å². The Balaban J connectivity index is 1.20. The number of esters is 1. The standard InChI is InChI=1S/C28H24N8O5/c1-3-10-40-27(39)18-5-6-19-17(15(18)2)7-9-20(19)32-26(38)24-12-23(33-28-30-14-31-36(24)28)25(37)29-13-16-4-8-21-22(11-16)35-41-34-21/h3-6,8,11-12,14,20H,1,7,9-10,13H2,2H3,(H,29,37)(H,32,38)/t20-/m0/s1. The predicted molar refractivity (Wildman–Crippen MR) is 144 cm³/mol. The molecule has 41 heavy (non-hydrogen) atoms. The van der Waals surface area contributed by atoms with E-state index in [0.29, 0.717) is 29.4 Å². The number of nitrogens with zero attached hydrogens (tertiary/aromatic N) is 6. The molecule has 1 aliphatic carbocycles. The topological polar surface area (TPSA) is 166 Å². The number of rotatable bonds is 8. The van der Waals surface area contributed by atoms with Crippen LogP contribution in [-0.2, 0) is 17.7 Å². The summed E-state index contributed by atoms with van der Waals surface area (Å²) in [7, 11) is 0. The van der Waals surface area contributed by atoms with Crippen molar-refractivity contribution in [2.45, 2.75) is 32.4 Å². The molecule has 0 bridgehead atoms. The molecular weight excluding hydrogens is 528 g/mol. The smallest absolute Gasteiger partial charge is 0.338 e. The van der Waals surface area contributed by atoms with E-state index in [1.54, 1.807) is 24.3 Å². The number of carbonyl (C=O) groups is 3. The van der Waals surface area contributed by atoms with E-state index in [-0.39, 0.29) is 36.4 Å². The minimum Gasteiger partial charge on any atom is -0.458 e. The fourth-order valence-electron chi connectivity index (χ4n) is 5.00. The first kappa shape index (κ1) is 25.8. The minimum atomic E-state index is -0.486. The molecule has 5 aromatic rings. The first-order valence-corrected chi connectivity index (χ1v) is 12.8. The maximum atomic E-state index is 13.5. The Morgan fingerprint density at radius 2 is 2.00 bits per heavy atom. The first-order valence-electron chi connectivity index (χ1n) is 12.8. The Morgan fingerprint density at radius 1 is 1.15 bits per heavy atom. The molecule has 13 nitrogen and oxygen atoms in total. The quantitative estimate of drug-likeness (QED) is 0.216. The molecule has 0 aliphatic heterocycles. The molecule has 206 valence electrons. The maximum Gasteiger partial charge on any atom is 0.338 e. The fourth-order valence-corrected chi connectivity index (χ4v) is 5.00. The molecule has 1 aliphatic rings. The number of aromatic nitrogens is 6. The van der Waals surface area contributed by atoms with Gasteiger partial charge in [0.15, 0.2) is 0 Å². The van der Waals surface area contributed by atoms with E-state index in [2.05, 4.69) is 42.6 Å². The van der Waals surface area contributed by atoms with Crippen LogP contribution in [0.15, 0.2) is 60.0 Å². The molecule has 0 saturated heterocycles. The zero-order valence-electron chi connectivity index (χ0n) is 22.0. The van der Waals surface area contributed by atoms with Crippen molar-refractivity contribution in [3.05, 3.63) is 94.6 Å². The van der Waals surface area contributed by atoms with E-state index in [1.165, 1.54) is 23.0 Å². The second kappa shape index (κ2) is 10.6. The number of nitrogens with one attached hydrogen (secondary N) is 2. The van der Waals surface area contributed by atoms with Crippen LogP contribution in [0.5, 0.6) is 0 Å². The Labute approximate surface area is 232 Å². The molecule has 13 heteroatoms. The zero-order chi connectivity index (χ0) is 28.5. The first-order chi connectivity index (χ1) is 19.9. The summed E-state index contributed by atoms with van der Waals surface area (Å²) in [5, 5.41) is 17.5. The minimum absolute atomic E-state index is 0.0187. The summed E-state index contributed by atoms with van der Waals surface area (Å²) in [5.74, 6) is -1.22. The van der Waals surface area contributed by atoms with Crippen molar-refractivity contribution in [2.24, 2.45) is 0 Å². The SMILES string of the molecule is C=CCOC(=O)c1ccc2c(c1C)CC[C@@H]2NC(=O)c1cc(C(=O)NCc2ccc3nonc3c2)nc2ncnn12. The second-order valence-electron chi connectivity index (χ2n) is 9.53. The lowest BCUT2D eigenvalue weighted by atomic mass is 9.98. The maximum absolute atomic E-state index is 13.5. The lowest BCUT2D eigenvalue weighted by Crippen LogP contribution is -2.30. The van der Waals surface area contributed by atoms with Crippen molar-refractivity contribution in [1.29, 1.82) is 0 Å². The third-order valence-corrected chi connectivity index (χ3v) is 7.04. The molecule has 2 N–H and O–H groups in total. The molecular formula is C28H24N8O5. The highest BCUT2D eigenvalue weighted by Crippen LogP contribution is 2.35. The number of ether oxygens (including phenoxy) is 1. The van der Waals surface area contributed by atoms with E-state index < -0.39 is 17.8 Å². The predicted octanol–water partition coefficient (Wildman–Crippen LogP) is 2.66. The van der Waals surface area contributed by atoms with Gasteiger partial charge in [-0.05, 0) is 70.5 Å². The van der Waals surface area contributed by atoms with Gasteiger partial charge in [-0.1, -0.05) is 24.8 Å². The van der Waals surface area contributed by atoms with Crippen LogP contribution in [0.1, 0.15) is 66.1 Å². The zero-order valence-corrected chi connectivity index (χ0v) is 22.0. The monoisotopic (exact) mass is 552 g/mol. The lowest BCUT2D eigenvalue weighted by molar-refractivity contribution is 0.0548. The van der Waals surface area contributed by atoms with Gasteiger partial charge in [0, 0.05) is 12.6 Å². The van der Waals surface area contributed by atoms with Crippen molar-refractivity contribution in [3.8, 4) is 0 Å². The number of hydrogen-bond donors (Lipinski definition) is 2. The number of benzene rings is 2. The van der Waals surface area contributed by atoms with Gasteiger partial charge in [0.25, 0.3) is 17.6 Å². The largest absolute Gasteiger partial charge is 0.458 e. The van der Waals surface area contributed by atoms with Crippen molar-refractivity contribution in [1.82, 2.24) is 40.5 Å². The van der Waals surface area contributed by atoms with Gasteiger partial charge >= 0.3 is 5.97 Å². The molecule has 1 atom stereocenters. The normalized spacial score (nSPS) is 14.1. The highest BCUT2D eigenvalue weighted by atomic mass is 16.6. The summed E-state index contributed by atoms with van der Waals surface area (Å²) in [6.07, 6.45) is 4.12. The second-order valence-corrected chi connectivity index (χ2v) is 9.53. The highest BCUT2D eigenvalue weighted by molar-refractivity contribution is 5.98. The van der Waals surface area contributed by atoms with Gasteiger partial charge in [-0.2, -0.15) is 14.6 Å². The van der Waals surface area contributed by atoms with Crippen LogP contribution in [0.25, 0.3) is 16.8 Å². The highest BCUT2D eigenvalue weighted by Gasteiger charge is 2.29. The van der Waals surface area contributed by atoms with E-state index in [9.17, 15) is 14.4 Å². The van der Waals surface area contributed by atoms with Crippen LogP contribution < -0.4 is 10.6 Å². The van der Waals surface area contributed by atoms with Crippen LogP contribution in [0.3, 0.4) is 0 Å². The van der Waals surface area contributed by atoms with Gasteiger partial charge in [-0.3, -0.25) is 9.59 Å². The number of amides is 2. The third-order valence-electron chi connectivity index (χ3n) is 7.04. The average molecular weight is 553 g/mol. The van der Waals surface area contributed by atoms with Gasteiger partial charge in [0.1, 0.15) is 35.4 Å². The third kappa shape index (κ3) is 4.88. The summed E-state index contributed by atoms with van der Waals surface area (Å²) in [5.41, 5.74) is 5.36. The number of hydrogen-bond acceptors (Lipinski definition) is 10. The van der Waals surface area contributed by atoms with Gasteiger partial charge in [-0.25, -0.2) is 14.4 Å². The number of carbonyl (C=O) groups excluding carboxylic acids is 3. The molecule has 0 fully saturated rings. The molecule has 3 heterocycles. The Morgan fingerprint density at radius 3 is 2.85 bits per heavy atom. The van der Waals surface area contributed by atoms with Crippen LogP contribution >= 0.6 is 0 Å². The molecule has 0 spiro atoms. The Hall–Kier alpha value is -5.46. The van der Waals surface area contributed by atoms with Crippen LogP contribution in [0, 0.1) is 6.92 Å². The summed E-state index contributed by atoms with van der Waals surface area (Å²) in [6.45, 7) is 5.77. The van der Waals surface area contributed by atoms with Gasteiger partial charge < -0.3 is 15.4 Å². The average Bonchev–Trinajstić information content (AvgIpc) is 3.74. The summed E-state index contributed by atoms with van der Waals surface area (Å²) in [6, 6.07) is 9.95. The number of fused-ring (bicyclic) bond motifs is 3. The molecule has 6 rings (SSSR count). The van der Waals surface area contributed by atoms with Crippen LogP contribution in [-0.4, -0.2) is 54.3 Å². The molecule has 0 unspecified atom stereocenters. The molecule has 0 radical (unpaired) electrons. The Kier molecular flexibility index (Phi) is 6.67. The molecule has 2 amide bonds. The van der Waals surface area contributed by atoms with E-state index in [0.717, 1.165) is 22.3 Å². The van der Waals surface area contributed by atoms with E-state index in [1.807, 2.05) is 13.0 Å². The fraction of sp³-hybridized carbons (Fsp3) is 0.214.